The van der Waals surface area contributed by atoms with Crippen molar-refractivity contribution in [3.05, 3.63) is 63.4 Å². The lowest BCUT2D eigenvalue weighted by molar-refractivity contribution is -0.137. The smallest absolute Gasteiger partial charge is 0.319 e. The Hall–Kier alpha value is -4.08. The second-order valence-electron chi connectivity index (χ2n) is 7.48. The van der Waals surface area contributed by atoms with Crippen LogP contribution in [0.3, 0.4) is 0 Å². The van der Waals surface area contributed by atoms with E-state index in [9.17, 15) is 24.6 Å². The largest absolute Gasteiger partial charge is 0.505 e. The van der Waals surface area contributed by atoms with Gasteiger partial charge < -0.3 is 29.9 Å². The summed E-state index contributed by atoms with van der Waals surface area (Å²) in [7, 11) is 1.51. The molecule has 10 heteroatoms. The van der Waals surface area contributed by atoms with Crippen molar-refractivity contribution >= 4 is 17.7 Å². The molecule has 3 rings (SSSR count). The molecule has 0 aliphatic heterocycles. The van der Waals surface area contributed by atoms with Gasteiger partial charge in [-0.15, -0.1) is 0 Å². The number of aryl methyl sites for hydroxylation is 3. The molecular formula is C22H24N4O6. The van der Waals surface area contributed by atoms with Gasteiger partial charge in [0.2, 0.25) is 0 Å². The van der Waals surface area contributed by atoms with E-state index < -0.39 is 30.0 Å². The van der Waals surface area contributed by atoms with E-state index in [4.69, 9.17) is 4.52 Å². The molecule has 3 aromatic rings. The Balaban J connectivity index is 1.90. The number of carboxylic acid groups (broad SMARTS) is 1. The number of pyridine rings is 1. The van der Waals surface area contributed by atoms with Gasteiger partial charge in [-0.2, -0.15) is 0 Å². The molecule has 10 nitrogen and oxygen atoms in total. The molecule has 0 saturated heterocycles. The first-order valence-corrected chi connectivity index (χ1v) is 9.80. The Morgan fingerprint density at radius 1 is 1.22 bits per heavy atom. The van der Waals surface area contributed by atoms with Gasteiger partial charge >= 0.3 is 12.0 Å². The highest BCUT2D eigenvalue weighted by Gasteiger charge is 2.22. The van der Waals surface area contributed by atoms with E-state index in [1.165, 1.54) is 17.7 Å². The molecule has 4 N–H and O–H groups in total. The van der Waals surface area contributed by atoms with Gasteiger partial charge in [-0.1, -0.05) is 23.4 Å². The Morgan fingerprint density at radius 3 is 2.56 bits per heavy atom. The molecule has 0 aliphatic carbocycles. The summed E-state index contributed by atoms with van der Waals surface area (Å²) in [4.78, 5) is 36.4. The number of amides is 2. The molecule has 168 valence electrons. The van der Waals surface area contributed by atoms with Crippen LogP contribution in [-0.2, 0) is 11.8 Å². The number of aromatic hydroxyl groups is 1. The van der Waals surface area contributed by atoms with Crippen LogP contribution in [0.4, 0.5) is 10.5 Å². The number of nitrogens with one attached hydrogen (secondary N) is 2. The van der Waals surface area contributed by atoms with Crippen LogP contribution in [0.1, 0.15) is 35.2 Å². The predicted molar refractivity (Wildman–Crippen MR) is 117 cm³/mol. The minimum Gasteiger partial charge on any atom is -0.505 e. The van der Waals surface area contributed by atoms with Crippen LogP contribution in [0, 0.1) is 20.8 Å². The number of aliphatic carboxylic acids is 1. The Kier molecular flexibility index (Phi) is 6.33. The molecule has 0 saturated carbocycles. The molecule has 0 bridgehead atoms. The average Bonchev–Trinajstić information content (AvgIpc) is 3.07. The summed E-state index contributed by atoms with van der Waals surface area (Å²) in [5, 5.41) is 28.3. The van der Waals surface area contributed by atoms with E-state index >= 15 is 0 Å². The summed E-state index contributed by atoms with van der Waals surface area (Å²) in [5.74, 6) is -0.881. The topological polar surface area (TPSA) is 147 Å². The zero-order valence-electron chi connectivity index (χ0n) is 18.1. The lowest BCUT2D eigenvalue weighted by Gasteiger charge is -2.19. The third-order valence-electron chi connectivity index (χ3n) is 5.18. The first-order valence-electron chi connectivity index (χ1n) is 9.80. The Labute approximate surface area is 183 Å². The number of nitrogens with zero attached hydrogens (tertiary/aromatic N) is 2. The van der Waals surface area contributed by atoms with E-state index in [-0.39, 0.29) is 11.4 Å². The number of carbonyl (C=O) groups excluding carboxylic acids is 1. The number of benzene rings is 1. The molecule has 1 atom stereocenters. The third kappa shape index (κ3) is 4.64. The van der Waals surface area contributed by atoms with E-state index in [1.807, 2.05) is 6.07 Å². The molecule has 1 unspecified atom stereocenters. The molecule has 32 heavy (non-hydrogen) atoms. The van der Waals surface area contributed by atoms with Crippen LogP contribution in [0.15, 0.2) is 39.6 Å². The molecule has 0 radical (unpaired) electrons. The van der Waals surface area contributed by atoms with Gasteiger partial charge in [0.1, 0.15) is 11.5 Å². The van der Waals surface area contributed by atoms with Crippen molar-refractivity contribution in [1.29, 1.82) is 0 Å². The van der Waals surface area contributed by atoms with Crippen LogP contribution in [-0.4, -0.2) is 31.9 Å². The maximum absolute atomic E-state index is 12.6. The minimum absolute atomic E-state index is 0.297. The van der Waals surface area contributed by atoms with Crippen molar-refractivity contribution in [2.24, 2.45) is 7.05 Å². The van der Waals surface area contributed by atoms with Crippen LogP contribution in [0.25, 0.3) is 11.1 Å². The standard InChI is InChI=1S/C22H24N4O6/c1-11-8-17(27)20(21(30)26(11)4)24-22(31)23-16(10-18(28)29)14-6-5-7-15(9-14)19-12(2)25-32-13(19)3/h5-9,16,27H,10H2,1-4H3,(H,28,29)(H2,23,24,31). The first-order chi connectivity index (χ1) is 15.1. The van der Waals surface area contributed by atoms with E-state index in [0.29, 0.717) is 22.7 Å². The van der Waals surface area contributed by atoms with E-state index in [1.54, 1.807) is 39.0 Å². The molecule has 0 aliphatic rings. The van der Waals surface area contributed by atoms with E-state index in [0.717, 1.165) is 11.1 Å². The van der Waals surface area contributed by atoms with Gasteiger partial charge in [0.15, 0.2) is 5.69 Å². The zero-order valence-corrected chi connectivity index (χ0v) is 18.1. The number of hydrogen-bond acceptors (Lipinski definition) is 6. The second-order valence-corrected chi connectivity index (χ2v) is 7.48. The summed E-state index contributed by atoms with van der Waals surface area (Å²) in [6, 6.07) is 6.65. The number of carbonyl (C=O) groups is 2. The zero-order chi connectivity index (χ0) is 23.6. The van der Waals surface area contributed by atoms with Crippen molar-refractivity contribution in [1.82, 2.24) is 15.0 Å². The van der Waals surface area contributed by atoms with Crippen molar-refractivity contribution < 1.29 is 24.3 Å². The first kappa shape index (κ1) is 22.6. The highest BCUT2D eigenvalue weighted by molar-refractivity contribution is 5.91. The maximum atomic E-state index is 12.6. The van der Waals surface area contributed by atoms with Gasteiger partial charge in [-0.25, -0.2) is 4.79 Å². The van der Waals surface area contributed by atoms with Gasteiger partial charge in [0.05, 0.1) is 18.2 Å². The fraction of sp³-hybridized carbons (Fsp3) is 0.273. The van der Waals surface area contributed by atoms with Crippen LogP contribution in [0.5, 0.6) is 5.75 Å². The summed E-state index contributed by atoms with van der Waals surface area (Å²) < 4.78 is 6.48. The van der Waals surface area contributed by atoms with Gasteiger partial charge in [-0.05, 0) is 38.0 Å². The van der Waals surface area contributed by atoms with Crippen LogP contribution >= 0.6 is 0 Å². The summed E-state index contributed by atoms with van der Waals surface area (Å²) in [6.07, 6.45) is -0.392. The number of hydrogen-bond donors (Lipinski definition) is 4. The fourth-order valence-electron chi connectivity index (χ4n) is 3.46. The lowest BCUT2D eigenvalue weighted by Crippen LogP contribution is -2.36. The third-order valence-corrected chi connectivity index (χ3v) is 5.18. The number of anilines is 1. The summed E-state index contributed by atoms with van der Waals surface area (Å²) in [5.41, 5.74) is 2.41. The normalized spacial score (nSPS) is 11.8. The monoisotopic (exact) mass is 440 g/mol. The van der Waals surface area contributed by atoms with Crippen molar-refractivity contribution in [2.75, 3.05) is 5.32 Å². The molecule has 2 heterocycles. The quantitative estimate of drug-likeness (QED) is 0.461. The highest BCUT2D eigenvalue weighted by atomic mass is 16.5. The van der Waals surface area contributed by atoms with Gasteiger partial charge in [-0.3, -0.25) is 9.59 Å². The van der Waals surface area contributed by atoms with Crippen LogP contribution < -0.4 is 16.2 Å². The lowest BCUT2D eigenvalue weighted by atomic mass is 9.97. The number of urea groups is 1. The van der Waals surface area contributed by atoms with Gasteiger partial charge in [0.25, 0.3) is 5.56 Å². The molecule has 2 amide bonds. The minimum atomic E-state index is -1.12. The van der Waals surface area contributed by atoms with Crippen molar-refractivity contribution in [2.45, 2.75) is 33.2 Å². The van der Waals surface area contributed by atoms with Crippen LogP contribution in [0.2, 0.25) is 0 Å². The Bertz CT molecular complexity index is 1220. The number of carboxylic acids is 1. The van der Waals surface area contributed by atoms with Crippen molar-refractivity contribution in [3.8, 4) is 16.9 Å². The molecule has 0 fully saturated rings. The van der Waals surface area contributed by atoms with Crippen molar-refractivity contribution in [3.63, 3.8) is 0 Å². The SMILES string of the molecule is Cc1noc(C)c1-c1cccc(C(CC(=O)O)NC(=O)Nc2c(O)cc(C)n(C)c2=O)c1. The Morgan fingerprint density at radius 2 is 1.94 bits per heavy atom. The molecule has 1 aromatic carbocycles. The number of aromatic nitrogens is 2. The summed E-state index contributed by atoms with van der Waals surface area (Å²) in [6.45, 7) is 5.21. The maximum Gasteiger partial charge on any atom is 0.319 e. The average molecular weight is 440 g/mol. The van der Waals surface area contributed by atoms with E-state index in [2.05, 4.69) is 15.8 Å². The fourth-order valence-corrected chi connectivity index (χ4v) is 3.46. The predicted octanol–water partition coefficient (Wildman–Crippen LogP) is 3.01. The summed E-state index contributed by atoms with van der Waals surface area (Å²) >= 11 is 0. The van der Waals surface area contributed by atoms with Gasteiger partial charge in [0, 0.05) is 24.4 Å². The number of rotatable bonds is 6. The molecule has 0 spiro atoms. The molecule has 2 aromatic heterocycles. The highest BCUT2D eigenvalue weighted by Crippen LogP contribution is 2.30. The second kappa shape index (κ2) is 8.96. The molecular weight excluding hydrogens is 416 g/mol.